The first-order chi connectivity index (χ1) is 8.61. The van der Waals surface area contributed by atoms with Crippen LogP contribution in [0.1, 0.15) is 15.9 Å². The normalized spacial score (nSPS) is 10.2. The highest BCUT2D eigenvalue weighted by atomic mass is 79.9. The van der Waals surface area contributed by atoms with Gasteiger partial charge in [0.25, 0.3) is 0 Å². The summed E-state index contributed by atoms with van der Waals surface area (Å²) < 4.78 is 5.49. The number of aromatic nitrogens is 1. The summed E-state index contributed by atoms with van der Waals surface area (Å²) in [5.74, 6) is -0.341. The fourth-order valence-electron chi connectivity index (χ4n) is 1.70. The summed E-state index contributed by atoms with van der Waals surface area (Å²) >= 11 is 3.34. The predicted molar refractivity (Wildman–Crippen MR) is 73.4 cm³/mol. The van der Waals surface area contributed by atoms with E-state index in [1.54, 1.807) is 12.1 Å². The van der Waals surface area contributed by atoms with Crippen LogP contribution in [0.4, 0.5) is 0 Å². The summed E-state index contributed by atoms with van der Waals surface area (Å²) in [4.78, 5) is 15.9. The van der Waals surface area contributed by atoms with Gasteiger partial charge < -0.3 is 4.74 Å². The number of nitrogens with zero attached hydrogens (tertiary/aromatic N) is 1. The molecular weight excluding hydrogens is 294 g/mol. The Hall–Kier alpha value is -1.68. The first-order valence-corrected chi connectivity index (χ1v) is 6.23. The number of hydrogen-bond donors (Lipinski definition) is 0. The third kappa shape index (κ3) is 2.59. The number of esters is 1. The molecule has 0 aliphatic carbocycles. The Morgan fingerprint density at radius 2 is 2.06 bits per heavy atom. The minimum absolute atomic E-state index is 0.341. The van der Waals surface area contributed by atoms with Crippen molar-refractivity contribution in [3.8, 4) is 11.3 Å². The number of carbonyl (C=O) groups excluding carboxylic acids is 1. The number of aryl methyl sites for hydroxylation is 1. The van der Waals surface area contributed by atoms with Crippen LogP contribution in [0.25, 0.3) is 11.3 Å². The van der Waals surface area contributed by atoms with E-state index in [1.807, 2.05) is 31.2 Å². The number of methoxy groups -OCH3 is 1. The van der Waals surface area contributed by atoms with E-state index in [9.17, 15) is 4.79 Å². The molecule has 1 aromatic heterocycles. The summed E-state index contributed by atoms with van der Waals surface area (Å²) in [6.07, 6.45) is 0. The van der Waals surface area contributed by atoms with Crippen molar-refractivity contribution < 1.29 is 9.53 Å². The lowest BCUT2D eigenvalue weighted by molar-refractivity contribution is 0.0601. The van der Waals surface area contributed by atoms with Crippen LogP contribution in [0, 0.1) is 6.92 Å². The fraction of sp³-hybridized carbons (Fsp3) is 0.143. The number of rotatable bonds is 2. The van der Waals surface area contributed by atoms with Gasteiger partial charge in [-0.25, -0.2) is 9.78 Å². The van der Waals surface area contributed by atoms with Crippen LogP contribution in [0.15, 0.2) is 41.0 Å². The fourth-order valence-corrected chi connectivity index (χ4v) is 2.04. The zero-order valence-corrected chi connectivity index (χ0v) is 11.7. The Balaban J connectivity index is 2.53. The van der Waals surface area contributed by atoms with Crippen molar-refractivity contribution in [2.45, 2.75) is 6.92 Å². The minimum atomic E-state index is -0.341. The standard InChI is InChI=1S/C14H12BrNO2/c1-9-6-7-10(14(17)18-2)8-11(9)12-4-3-5-13(15)16-12/h3-8H,1-2H3. The van der Waals surface area contributed by atoms with Gasteiger partial charge in [0.1, 0.15) is 4.60 Å². The maximum absolute atomic E-state index is 11.5. The topological polar surface area (TPSA) is 39.2 Å². The molecule has 4 heteroatoms. The first-order valence-electron chi connectivity index (χ1n) is 5.43. The zero-order chi connectivity index (χ0) is 13.1. The maximum atomic E-state index is 11.5. The lowest BCUT2D eigenvalue weighted by Crippen LogP contribution is -2.02. The maximum Gasteiger partial charge on any atom is 0.337 e. The second-order valence-electron chi connectivity index (χ2n) is 3.87. The van der Waals surface area contributed by atoms with Gasteiger partial charge in [0.2, 0.25) is 0 Å². The molecule has 18 heavy (non-hydrogen) atoms. The molecule has 0 saturated carbocycles. The summed E-state index contributed by atoms with van der Waals surface area (Å²) in [7, 11) is 1.37. The monoisotopic (exact) mass is 305 g/mol. The molecule has 0 radical (unpaired) electrons. The van der Waals surface area contributed by atoms with Crippen molar-refractivity contribution in [3.63, 3.8) is 0 Å². The van der Waals surface area contributed by atoms with Gasteiger partial charge in [-0.3, -0.25) is 0 Å². The second-order valence-corrected chi connectivity index (χ2v) is 4.68. The van der Waals surface area contributed by atoms with Crippen molar-refractivity contribution in [2.24, 2.45) is 0 Å². The Kier molecular flexibility index (Phi) is 3.77. The number of carbonyl (C=O) groups is 1. The van der Waals surface area contributed by atoms with Crippen LogP contribution in [-0.2, 0) is 4.74 Å². The van der Waals surface area contributed by atoms with Crippen molar-refractivity contribution in [1.29, 1.82) is 0 Å². The number of benzene rings is 1. The summed E-state index contributed by atoms with van der Waals surface area (Å²) in [5.41, 5.74) is 3.35. The molecule has 0 fully saturated rings. The van der Waals surface area contributed by atoms with Crippen molar-refractivity contribution in [3.05, 3.63) is 52.1 Å². The number of halogens is 1. The van der Waals surface area contributed by atoms with Crippen molar-refractivity contribution in [1.82, 2.24) is 4.98 Å². The Labute approximate surface area is 114 Å². The molecule has 0 N–H and O–H groups in total. The molecule has 0 saturated heterocycles. The van der Waals surface area contributed by atoms with E-state index in [0.29, 0.717) is 5.56 Å². The number of hydrogen-bond acceptors (Lipinski definition) is 3. The lowest BCUT2D eigenvalue weighted by Gasteiger charge is -2.07. The average Bonchev–Trinajstić information content (AvgIpc) is 2.38. The predicted octanol–water partition coefficient (Wildman–Crippen LogP) is 3.61. The molecule has 0 atom stereocenters. The Bertz CT molecular complexity index is 596. The molecule has 2 rings (SSSR count). The van der Waals surface area contributed by atoms with E-state index in [0.717, 1.165) is 21.4 Å². The van der Waals surface area contributed by atoms with Crippen molar-refractivity contribution >= 4 is 21.9 Å². The van der Waals surface area contributed by atoms with E-state index in [4.69, 9.17) is 4.74 Å². The van der Waals surface area contributed by atoms with Gasteiger partial charge in [-0.05, 0) is 52.7 Å². The molecule has 3 nitrogen and oxygen atoms in total. The molecule has 0 aliphatic rings. The van der Waals surface area contributed by atoms with Gasteiger partial charge in [0.05, 0.1) is 18.4 Å². The first kappa shape index (κ1) is 12.8. The zero-order valence-electron chi connectivity index (χ0n) is 10.1. The quantitative estimate of drug-likeness (QED) is 0.628. The van der Waals surface area contributed by atoms with E-state index in [2.05, 4.69) is 20.9 Å². The molecule has 1 aromatic carbocycles. The second kappa shape index (κ2) is 5.31. The summed E-state index contributed by atoms with van der Waals surface area (Å²) in [5, 5.41) is 0. The van der Waals surface area contributed by atoms with E-state index >= 15 is 0 Å². The molecule has 92 valence electrons. The molecule has 2 aromatic rings. The Morgan fingerprint density at radius 1 is 1.28 bits per heavy atom. The number of ether oxygens (including phenoxy) is 1. The van der Waals surface area contributed by atoms with Gasteiger partial charge in [-0.2, -0.15) is 0 Å². The van der Waals surface area contributed by atoms with Crippen LogP contribution in [-0.4, -0.2) is 18.1 Å². The van der Waals surface area contributed by atoms with Gasteiger partial charge in [-0.1, -0.05) is 12.1 Å². The summed E-state index contributed by atoms with van der Waals surface area (Å²) in [6.45, 7) is 1.99. The average molecular weight is 306 g/mol. The highest BCUT2D eigenvalue weighted by molar-refractivity contribution is 9.10. The third-order valence-electron chi connectivity index (χ3n) is 2.65. The van der Waals surface area contributed by atoms with Gasteiger partial charge in [0.15, 0.2) is 0 Å². The highest BCUT2D eigenvalue weighted by Gasteiger charge is 2.10. The minimum Gasteiger partial charge on any atom is -0.465 e. The molecule has 0 spiro atoms. The molecule has 0 bridgehead atoms. The highest BCUT2D eigenvalue weighted by Crippen LogP contribution is 2.24. The van der Waals surface area contributed by atoms with Crippen LogP contribution in [0.3, 0.4) is 0 Å². The van der Waals surface area contributed by atoms with E-state index in [1.165, 1.54) is 7.11 Å². The third-order valence-corrected chi connectivity index (χ3v) is 3.09. The van der Waals surface area contributed by atoms with Crippen LogP contribution in [0.2, 0.25) is 0 Å². The Morgan fingerprint density at radius 3 is 2.72 bits per heavy atom. The van der Waals surface area contributed by atoms with E-state index < -0.39 is 0 Å². The molecule has 0 aliphatic heterocycles. The SMILES string of the molecule is COC(=O)c1ccc(C)c(-c2cccc(Br)n2)c1. The summed E-state index contributed by atoms with van der Waals surface area (Å²) in [6, 6.07) is 11.1. The van der Waals surface area contributed by atoms with Crippen LogP contribution >= 0.6 is 15.9 Å². The molecule has 0 amide bonds. The van der Waals surface area contributed by atoms with Crippen molar-refractivity contribution in [2.75, 3.05) is 7.11 Å². The molecular formula is C14H12BrNO2. The molecule has 1 heterocycles. The number of pyridine rings is 1. The van der Waals surface area contributed by atoms with Crippen LogP contribution in [0.5, 0.6) is 0 Å². The largest absolute Gasteiger partial charge is 0.465 e. The van der Waals surface area contributed by atoms with Gasteiger partial charge in [0, 0.05) is 5.56 Å². The molecule has 0 unspecified atom stereocenters. The van der Waals surface area contributed by atoms with Gasteiger partial charge >= 0.3 is 5.97 Å². The van der Waals surface area contributed by atoms with Gasteiger partial charge in [-0.15, -0.1) is 0 Å². The smallest absolute Gasteiger partial charge is 0.337 e. The lowest BCUT2D eigenvalue weighted by atomic mass is 10.0. The van der Waals surface area contributed by atoms with E-state index in [-0.39, 0.29) is 5.97 Å². The van der Waals surface area contributed by atoms with Crippen LogP contribution < -0.4 is 0 Å².